The molecule has 0 saturated carbocycles. The molecule has 2 heterocycles. The van der Waals surface area contributed by atoms with Crippen LogP contribution in [0.5, 0.6) is 5.75 Å². The number of anilines is 1. The lowest BCUT2D eigenvalue weighted by Crippen LogP contribution is -2.40. The minimum atomic E-state index is -3.61. The highest BCUT2D eigenvalue weighted by Crippen LogP contribution is 2.26. The van der Waals surface area contributed by atoms with Crippen LogP contribution in [0.3, 0.4) is 0 Å². The van der Waals surface area contributed by atoms with Crippen molar-refractivity contribution in [3.8, 4) is 5.75 Å². The van der Waals surface area contributed by atoms with Gasteiger partial charge in [0.05, 0.1) is 5.69 Å². The van der Waals surface area contributed by atoms with E-state index >= 15 is 0 Å². The molecule has 31 heavy (non-hydrogen) atoms. The van der Waals surface area contributed by atoms with Gasteiger partial charge in [0.1, 0.15) is 9.96 Å². The summed E-state index contributed by atoms with van der Waals surface area (Å²) in [6.45, 7) is 2.91. The molecule has 1 aromatic carbocycles. The molecule has 0 radical (unpaired) electrons. The van der Waals surface area contributed by atoms with E-state index in [0.717, 1.165) is 24.2 Å². The number of piperidine rings is 1. The Hall–Kier alpha value is -2.59. The summed E-state index contributed by atoms with van der Waals surface area (Å²) in [4.78, 5) is 25.7. The van der Waals surface area contributed by atoms with Crippen LogP contribution in [-0.4, -0.2) is 58.5 Å². The Bertz CT molecular complexity index is 981. The Labute approximate surface area is 186 Å². The molecule has 3 rings (SSSR count). The topological polar surface area (TPSA) is 93.2 Å². The predicted octanol–water partition coefficient (Wildman–Crippen LogP) is 2.75. The van der Waals surface area contributed by atoms with E-state index in [1.165, 1.54) is 11.4 Å². The summed E-state index contributed by atoms with van der Waals surface area (Å²) in [5, 5.41) is 1.71. The number of hydrogen-bond donors (Lipinski definition) is 0. The fourth-order valence-electron chi connectivity index (χ4n) is 3.11. The monoisotopic (exact) mass is 466 g/mol. The van der Waals surface area contributed by atoms with Crippen molar-refractivity contribution < 1.29 is 27.5 Å². The van der Waals surface area contributed by atoms with Crippen LogP contribution in [0.4, 0.5) is 5.69 Å². The van der Waals surface area contributed by atoms with E-state index in [1.54, 1.807) is 46.7 Å². The quantitative estimate of drug-likeness (QED) is 0.556. The predicted molar refractivity (Wildman–Crippen MR) is 118 cm³/mol. The molecule has 10 heteroatoms. The van der Waals surface area contributed by atoms with E-state index in [9.17, 15) is 18.0 Å². The summed E-state index contributed by atoms with van der Waals surface area (Å²) < 4.78 is 37.0. The zero-order valence-corrected chi connectivity index (χ0v) is 19.2. The molecular weight excluding hydrogens is 440 g/mol. The second kappa shape index (κ2) is 10.1. The highest BCUT2D eigenvalue weighted by molar-refractivity contribution is 7.94. The number of benzene rings is 1. The summed E-state index contributed by atoms with van der Waals surface area (Å²) in [5.74, 6) is 0.167. The number of carbonyl (C=O) groups excluding carboxylic acids is 2. The Morgan fingerprint density at radius 3 is 2.42 bits per heavy atom. The molecule has 0 spiro atoms. The first-order chi connectivity index (χ1) is 14.8. The molecule has 0 atom stereocenters. The van der Waals surface area contributed by atoms with E-state index < -0.39 is 16.0 Å². The van der Waals surface area contributed by atoms with Gasteiger partial charge in [-0.05, 0) is 54.5 Å². The average Bonchev–Trinajstić information content (AvgIpc) is 3.32. The first-order valence-electron chi connectivity index (χ1n) is 9.96. The molecule has 2 aromatic rings. The maximum atomic E-state index is 12.6. The van der Waals surface area contributed by atoms with Crippen molar-refractivity contribution >= 4 is 38.9 Å². The largest absolute Gasteiger partial charge is 0.482 e. The maximum absolute atomic E-state index is 12.6. The smallest absolute Gasteiger partial charge is 0.344 e. The molecule has 1 fully saturated rings. The third-order valence-corrected chi connectivity index (χ3v) is 8.32. The number of thiophene rings is 1. The molecule has 1 aliphatic heterocycles. The second-order valence-corrected chi connectivity index (χ2v) is 10.6. The van der Waals surface area contributed by atoms with Crippen molar-refractivity contribution in [2.45, 2.75) is 24.0 Å². The molecule has 1 aliphatic rings. The third-order valence-electron chi connectivity index (χ3n) is 5.16. The lowest BCUT2D eigenvalue weighted by molar-refractivity contribution is -0.154. The van der Waals surface area contributed by atoms with Gasteiger partial charge in [0.2, 0.25) is 0 Å². The van der Waals surface area contributed by atoms with Gasteiger partial charge in [-0.3, -0.25) is 9.10 Å². The highest BCUT2D eigenvalue weighted by Gasteiger charge is 2.23. The van der Waals surface area contributed by atoms with Gasteiger partial charge in [0, 0.05) is 20.1 Å². The molecule has 1 amide bonds. The third kappa shape index (κ3) is 5.98. The fraction of sp³-hybridized carbons (Fsp3) is 0.429. The van der Waals surface area contributed by atoms with Crippen LogP contribution in [0, 0.1) is 5.92 Å². The van der Waals surface area contributed by atoms with Gasteiger partial charge in [-0.2, -0.15) is 0 Å². The van der Waals surface area contributed by atoms with Crippen LogP contribution < -0.4 is 9.04 Å². The van der Waals surface area contributed by atoms with Gasteiger partial charge >= 0.3 is 5.97 Å². The summed E-state index contributed by atoms with van der Waals surface area (Å²) in [7, 11) is -2.14. The molecule has 1 saturated heterocycles. The molecular formula is C21H26N2O6S2. The van der Waals surface area contributed by atoms with Gasteiger partial charge in [-0.1, -0.05) is 13.0 Å². The van der Waals surface area contributed by atoms with Crippen molar-refractivity contribution in [1.29, 1.82) is 0 Å². The molecule has 0 bridgehead atoms. The van der Waals surface area contributed by atoms with Crippen molar-refractivity contribution in [2.24, 2.45) is 5.92 Å². The van der Waals surface area contributed by atoms with Crippen LogP contribution >= 0.6 is 11.3 Å². The number of likely N-dealkylation sites (tertiary alicyclic amines) is 1. The van der Waals surface area contributed by atoms with E-state index in [-0.39, 0.29) is 23.3 Å². The van der Waals surface area contributed by atoms with Crippen molar-refractivity contribution in [3.63, 3.8) is 0 Å². The number of sulfonamides is 1. The molecule has 0 aliphatic carbocycles. The summed E-state index contributed by atoms with van der Waals surface area (Å²) in [6.07, 6.45) is 1.92. The average molecular weight is 467 g/mol. The van der Waals surface area contributed by atoms with Gasteiger partial charge in [0.15, 0.2) is 13.2 Å². The fourth-order valence-corrected chi connectivity index (χ4v) is 5.47. The van der Waals surface area contributed by atoms with Gasteiger partial charge in [-0.15, -0.1) is 11.3 Å². The zero-order chi connectivity index (χ0) is 22.4. The summed E-state index contributed by atoms with van der Waals surface area (Å²) >= 11 is 1.15. The molecule has 0 unspecified atom stereocenters. The molecule has 1 aromatic heterocycles. The van der Waals surface area contributed by atoms with Gasteiger partial charge in [-0.25, -0.2) is 13.2 Å². The Morgan fingerprint density at radius 1 is 1.13 bits per heavy atom. The second-order valence-electron chi connectivity index (χ2n) is 7.41. The van der Waals surface area contributed by atoms with Gasteiger partial charge in [0.25, 0.3) is 15.9 Å². The van der Waals surface area contributed by atoms with E-state index in [4.69, 9.17) is 9.47 Å². The van der Waals surface area contributed by atoms with Crippen molar-refractivity contribution in [2.75, 3.05) is 37.7 Å². The number of carbonyl (C=O) groups is 2. The number of ether oxygens (including phenoxy) is 2. The Kier molecular flexibility index (Phi) is 7.55. The van der Waals surface area contributed by atoms with Crippen LogP contribution in [0.15, 0.2) is 46.0 Å². The van der Waals surface area contributed by atoms with E-state index in [1.807, 2.05) is 0 Å². The first kappa shape index (κ1) is 23.1. The molecule has 0 N–H and O–H groups in total. The number of nitrogens with zero attached hydrogens (tertiary/aromatic N) is 2. The van der Waals surface area contributed by atoms with Crippen LogP contribution in [-0.2, 0) is 24.3 Å². The SMILES string of the molecule is CC1CCN(C(=O)COC(=O)COc2ccc(N(C)S(=O)(=O)c3cccs3)cc2)CC1. The van der Waals surface area contributed by atoms with Gasteiger partial charge < -0.3 is 14.4 Å². The van der Waals surface area contributed by atoms with Crippen molar-refractivity contribution in [1.82, 2.24) is 4.90 Å². The normalized spacial score (nSPS) is 14.8. The number of esters is 1. The molecule has 8 nitrogen and oxygen atoms in total. The Balaban J connectivity index is 1.45. The highest BCUT2D eigenvalue weighted by atomic mass is 32.2. The lowest BCUT2D eigenvalue weighted by Gasteiger charge is -2.30. The summed E-state index contributed by atoms with van der Waals surface area (Å²) in [5.41, 5.74) is 0.463. The minimum Gasteiger partial charge on any atom is -0.482 e. The molecule has 168 valence electrons. The Morgan fingerprint density at radius 2 is 1.81 bits per heavy atom. The van der Waals surface area contributed by atoms with E-state index in [0.29, 0.717) is 30.4 Å². The van der Waals surface area contributed by atoms with Crippen LogP contribution in [0.2, 0.25) is 0 Å². The van der Waals surface area contributed by atoms with E-state index in [2.05, 4.69) is 6.92 Å². The van der Waals surface area contributed by atoms with Crippen LogP contribution in [0.1, 0.15) is 19.8 Å². The maximum Gasteiger partial charge on any atom is 0.344 e. The number of amides is 1. The number of rotatable bonds is 8. The number of hydrogen-bond acceptors (Lipinski definition) is 7. The minimum absolute atomic E-state index is 0.195. The van der Waals surface area contributed by atoms with Crippen LogP contribution in [0.25, 0.3) is 0 Å². The lowest BCUT2D eigenvalue weighted by atomic mass is 9.99. The standard InChI is InChI=1S/C21H26N2O6S2/c1-16-9-11-23(12-10-16)19(24)14-29-20(25)15-28-18-7-5-17(6-8-18)22(2)31(26,27)21-4-3-13-30-21/h3-8,13,16H,9-12,14-15H2,1-2H3. The first-order valence-corrected chi connectivity index (χ1v) is 12.3. The van der Waals surface area contributed by atoms with Crippen molar-refractivity contribution in [3.05, 3.63) is 41.8 Å². The zero-order valence-electron chi connectivity index (χ0n) is 17.5. The summed E-state index contributed by atoms with van der Waals surface area (Å²) in [6, 6.07) is 9.56.